The van der Waals surface area contributed by atoms with Gasteiger partial charge in [0.25, 0.3) is 17.7 Å². The highest BCUT2D eigenvalue weighted by molar-refractivity contribution is 6.39. The van der Waals surface area contributed by atoms with Crippen molar-refractivity contribution in [3.63, 3.8) is 0 Å². The number of Topliss-reactive ketones (excluding diaryl/α,β-unsaturated/α-hetero) is 2. The summed E-state index contributed by atoms with van der Waals surface area (Å²) in [7, 11) is 4.51. The minimum Gasteiger partial charge on any atom is -0.459 e. The molecule has 124 heavy (non-hydrogen) atoms. The van der Waals surface area contributed by atoms with Crippen LogP contribution in [0.15, 0.2) is 87.9 Å². The van der Waals surface area contributed by atoms with Crippen LogP contribution in [-0.2, 0) is 94.1 Å². The number of alkyl carbamates (subject to hydrolysis) is 1. The number of aromatic nitrogens is 8. The quantitative estimate of drug-likeness (QED) is 0.00725. The number of benzene rings is 1. The van der Waals surface area contributed by atoms with Crippen molar-refractivity contribution in [2.75, 3.05) is 125 Å². The predicted octanol–water partition coefficient (Wildman–Crippen LogP) is 6.04. The van der Waals surface area contributed by atoms with Crippen molar-refractivity contribution < 1.29 is 106 Å². The van der Waals surface area contributed by atoms with Gasteiger partial charge in [0.1, 0.15) is 67.1 Å². The number of nitrogens with one attached hydrogen (secondary N) is 3. The number of unbranched alkanes of at least 4 members (excludes halogenated alkanes) is 1. The molecule has 38 nitrogen and oxygen atoms in total. The molecule has 5 aromatic rings. The van der Waals surface area contributed by atoms with Crippen LogP contribution in [0, 0.1) is 29.6 Å². The van der Waals surface area contributed by atoms with E-state index in [9.17, 15) is 48.9 Å². The van der Waals surface area contributed by atoms with Crippen molar-refractivity contribution in [1.82, 2.24) is 60.6 Å². The summed E-state index contributed by atoms with van der Waals surface area (Å²) in [5.74, 6) is -8.29. The number of aliphatic hydroxyl groups is 3. The van der Waals surface area contributed by atoms with Crippen LogP contribution in [0.3, 0.4) is 0 Å². The number of nitrogen functional groups attached to an aromatic ring is 2. The number of methoxy groups -OCH3 is 2. The molecule has 0 spiro atoms. The number of esters is 1. The number of carbonyl (C=O) groups is 7. The van der Waals surface area contributed by atoms with Gasteiger partial charge < -0.3 is 110 Å². The van der Waals surface area contributed by atoms with Crippen LogP contribution in [0.25, 0.3) is 33.4 Å². The smallest absolute Gasteiger partial charge is 0.407 e. The molecule has 12 N–H and O–H groups in total. The summed E-state index contributed by atoms with van der Waals surface area (Å²) in [5.41, 5.74) is 24.2. The van der Waals surface area contributed by atoms with Gasteiger partial charge in [-0.3, -0.25) is 24.0 Å². The van der Waals surface area contributed by atoms with Gasteiger partial charge in [0, 0.05) is 102 Å². The maximum absolute atomic E-state index is 14.9. The second-order valence-electron chi connectivity index (χ2n) is 32.3. The molecular formula is C86H128N16O22. The van der Waals surface area contributed by atoms with Crippen LogP contribution < -0.4 is 33.2 Å². The van der Waals surface area contributed by atoms with Crippen LogP contribution in [0.5, 0.6) is 0 Å². The molecular weight excluding hydrogens is 1610 g/mol. The number of cyclic esters (lactones) is 1. The lowest BCUT2D eigenvalue weighted by Crippen LogP contribution is -2.61. The van der Waals surface area contributed by atoms with E-state index in [2.05, 4.69) is 46.4 Å². The third kappa shape index (κ3) is 29.0. The molecule has 2 saturated heterocycles. The summed E-state index contributed by atoms with van der Waals surface area (Å²) in [6.07, 6.45) is 13.8. The van der Waals surface area contributed by atoms with Crippen molar-refractivity contribution in [2.45, 2.75) is 218 Å². The topological polar surface area (TPSA) is 512 Å². The summed E-state index contributed by atoms with van der Waals surface area (Å²) >= 11 is 0. The highest BCUT2D eigenvalue weighted by atomic mass is 16.6. The van der Waals surface area contributed by atoms with E-state index in [0.717, 1.165) is 11.1 Å². The Hall–Kier alpha value is -9.58. The highest BCUT2D eigenvalue weighted by Gasteiger charge is 2.53. The number of rotatable bonds is 36. The van der Waals surface area contributed by atoms with E-state index >= 15 is 0 Å². The molecule has 0 radical (unpaired) electrons. The van der Waals surface area contributed by atoms with E-state index in [1.54, 1.807) is 69.6 Å². The number of ketones is 2. The van der Waals surface area contributed by atoms with E-state index in [4.69, 9.17) is 78.9 Å². The number of oxime groups is 1. The van der Waals surface area contributed by atoms with Gasteiger partial charge in [-0.05, 0) is 132 Å². The highest BCUT2D eigenvalue weighted by Crippen LogP contribution is 2.40. The Balaban J connectivity index is 0.640. The fraction of sp³-hybridized carbons (Fsp3) is 0.651. The van der Waals surface area contributed by atoms with Crippen molar-refractivity contribution in [2.24, 2.45) is 40.5 Å². The molecule has 38 heteroatoms. The average Bonchev–Trinajstić information content (AvgIpc) is 1.54. The van der Waals surface area contributed by atoms with Gasteiger partial charge in [0.2, 0.25) is 17.6 Å². The Labute approximate surface area is 722 Å². The average molecular weight is 1740 g/mol. The van der Waals surface area contributed by atoms with Gasteiger partial charge >= 0.3 is 12.1 Å². The number of nitrogens with two attached hydrogens (primary N) is 3. The molecule has 7 heterocycles. The number of aliphatic hydroxyl groups excluding tert-OH is 2. The number of allylic oxidation sites excluding steroid dienone is 6. The van der Waals surface area contributed by atoms with Crippen molar-refractivity contribution in [3.05, 3.63) is 84.0 Å². The van der Waals surface area contributed by atoms with E-state index in [1.165, 1.54) is 18.3 Å². The number of hydrogen-bond donors (Lipinski definition) is 9. The zero-order valence-electron chi connectivity index (χ0n) is 72.9. The predicted molar refractivity (Wildman–Crippen MR) is 456 cm³/mol. The lowest BCUT2D eigenvalue weighted by atomic mass is 9.79. The number of piperidine rings is 1. The molecule has 4 aliphatic rings. The molecule has 1 aliphatic carbocycles. The molecule has 3 fully saturated rings. The van der Waals surface area contributed by atoms with E-state index in [0.29, 0.717) is 149 Å². The van der Waals surface area contributed by atoms with Gasteiger partial charge in [-0.2, -0.15) is 10.1 Å². The third-order valence-corrected chi connectivity index (χ3v) is 23.0. The summed E-state index contributed by atoms with van der Waals surface area (Å²) in [6.45, 7) is 14.5. The summed E-state index contributed by atoms with van der Waals surface area (Å²) in [4.78, 5) is 115. The van der Waals surface area contributed by atoms with Gasteiger partial charge in [-0.15, -0.1) is 5.10 Å². The number of amides is 4. The fourth-order valence-corrected chi connectivity index (χ4v) is 15.9. The first-order chi connectivity index (χ1) is 59.7. The number of fused-ring (bicyclic) bond motifs is 5. The first-order valence-electron chi connectivity index (χ1n) is 43.0. The van der Waals surface area contributed by atoms with Crippen molar-refractivity contribution in [3.8, 4) is 11.3 Å². The lowest BCUT2D eigenvalue weighted by molar-refractivity contribution is -0.265. The van der Waals surface area contributed by atoms with E-state index < -0.39 is 95.7 Å². The maximum Gasteiger partial charge on any atom is 0.407 e. The van der Waals surface area contributed by atoms with Gasteiger partial charge in [-0.25, -0.2) is 28.9 Å². The molecule has 0 unspecified atom stereocenters. The number of carbonyl (C=O) groups excluding carboxylic acids is 7. The first-order valence-corrected chi connectivity index (χ1v) is 43.0. The number of oxazole rings is 1. The summed E-state index contributed by atoms with van der Waals surface area (Å²) < 4.78 is 66.8. The van der Waals surface area contributed by atoms with Crippen molar-refractivity contribution in [1.29, 1.82) is 0 Å². The minimum atomic E-state index is -2.50. The van der Waals surface area contributed by atoms with Crippen LogP contribution in [0.1, 0.15) is 156 Å². The third-order valence-electron chi connectivity index (χ3n) is 23.0. The van der Waals surface area contributed by atoms with Gasteiger partial charge in [-0.1, -0.05) is 74.5 Å². The Morgan fingerprint density at radius 1 is 0.766 bits per heavy atom. The second kappa shape index (κ2) is 49.9. The molecule has 3 aliphatic heterocycles. The normalized spacial score (nSPS) is 27.0. The number of aryl methyl sites for hydroxylation is 1. The van der Waals surface area contributed by atoms with E-state index in [-0.39, 0.29) is 152 Å². The van der Waals surface area contributed by atoms with Gasteiger partial charge in [0.15, 0.2) is 17.0 Å². The zero-order valence-corrected chi connectivity index (χ0v) is 72.9. The Morgan fingerprint density at radius 3 is 2.18 bits per heavy atom. The standard InChI is InChI=1S/C86H128N16O22/c1-53-17-11-10-12-18-54(2)69(113-7)48-62-23-20-58(6)86(112,124-62)79(108)82(109)100-31-15-13-19-67(100)83(110)122-70(49-64(98-115-9)55(3)44-57(5)77(106)78(107)76(105)56(4)43-53)63(87)45-59-21-24-66(71(46-59)114-8)102-50-61(96-99-102)51-121-85(111)92-30-36-119-40-42-120-41-38-117-34-27-73(104)91-29-35-118-39-37-116-33-26-72(103)90-28-14-16-32-101-81-74(80(88)93-52-94-81)75(97-101)60-22-25-68-65(47-60)95-84(89)123-68/h10-12,17-18,22,25,44,47,50,52-53,55-56,58-59,62-63,66-67,69-71,77-78,106-107,112H,13-16,19-21,23-24,26-43,45-46,48-49,51,87H2,1-9H3,(H2,89,95)(H,90,103)(H,91,104)(H,92,111)(H2,88,93,94)/b12-10+,17-11+,54-18+,57-44+,98-64-/t53-,55-,56-,58-,59+,62+,63-,66+,67+,69+,70+,71-,77-,78+,86-/m1/s1. The Bertz CT molecular complexity index is 4430. The Kier molecular flexibility index (Phi) is 39.6. The first kappa shape index (κ1) is 98.2. The monoisotopic (exact) mass is 1740 g/mol. The Morgan fingerprint density at radius 2 is 1.47 bits per heavy atom. The number of anilines is 2. The lowest BCUT2D eigenvalue weighted by Gasteiger charge is -2.42. The molecule has 4 amide bonds. The maximum atomic E-state index is 14.9. The molecule has 9 rings (SSSR count). The molecule has 1 saturated carbocycles. The van der Waals surface area contributed by atoms with Gasteiger partial charge in [0.05, 0.1) is 108 Å². The molecule has 1 aromatic carbocycles. The molecule has 15 atom stereocenters. The van der Waals surface area contributed by atoms with E-state index in [1.807, 2.05) is 56.4 Å². The van der Waals surface area contributed by atoms with Crippen LogP contribution in [-0.4, -0.2) is 275 Å². The molecule has 2 bridgehead atoms. The van der Waals surface area contributed by atoms with Crippen LogP contribution >= 0.6 is 0 Å². The fourth-order valence-electron chi connectivity index (χ4n) is 15.9. The SMILES string of the molecule is CO/N=C1/C[C@@H]([C@H](N)C[C@@H]2CC[C@H](n3cc(COC(=O)NCCOCCOCCOCCC(=O)NCCOCCOCCC(=O)NCCCCn4nc(-c5ccc6oc(N)nc6c5)c5c(N)ncnc54)nn3)[C@H](OC)C2)OC(=O)[C@@H]2CCCCN2C(=O)C(=O)[C@]2(O)O[C@@H](CC[C@H]2C)C[C@H](OC)/C(C)=C/C=C/C=C/[C@@H](C)C[C@@H](C)C(=O)[C@H](O)[C@H](O)/C(C)=C/[C@H]1C. The zero-order chi connectivity index (χ0) is 89.2. The summed E-state index contributed by atoms with van der Waals surface area (Å²) in [5, 5.41) is 61.8. The molecule has 684 valence electrons. The molecule has 4 aromatic heterocycles. The number of ether oxygens (including phenoxy) is 10. The summed E-state index contributed by atoms with van der Waals surface area (Å²) in [6, 6.07) is 3.15. The minimum absolute atomic E-state index is 0.0225. The largest absolute Gasteiger partial charge is 0.459 e. The van der Waals surface area contributed by atoms with Crippen LogP contribution in [0.4, 0.5) is 16.6 Å². The van der Waals surface area contributed by atoms with Crippen LogP contribution in [0.2, 0.25) is 0 Å². The second-order valence-corrected chi connectivity index (χ2v) is 32.3. The van der Waals surface area contributed by atoms with Crippen molar-refractivity contribution >= 4 is 81.0 Å². The number of nitrogens with zero attached hydrogens (tertiary/aromatic N) is 10. The number of hydrogen-bond acceptors (Lipinski definition) is 32.